The fraction of sp³-hybridized carbons (Fsp3) is 0. The number of pyridine rings is 1. The highest BCUT2D eigenvalue weighted by Crippen LogP contribution is 2.14. The van der Waals surface area contributed by atoms with Gasteiger partial charge in [-0.25, -0.2) is 0 Å². The zero-order valence-corrected chi connectivity index (χ0v) is 6.08. The molecule has 0 bridgehead atoms. The average Bonchev–Trinajstić information content (AvgIpc) is 1.77. The smallest absolute Gasteiger partial charge is 0.132 e. The van der Waals surface area contributed by atoms with E-state index in [4.69, 9.17) is 5.11 Å². The summed E-state index contributed by atoms with van der Waals surface area (Å²) in [6, 6.07) is 1.43. The van der Waals surface area contributed by atoms with Crippen molar-refractivity contribution in [3.63, 3.8) is 0 Å². The largest absolute Gasteiger partial charge is 0.507 e. The fourth-order valence-corrected chi connectivity index (χ4v) is 0.622. The Kier molecular flexibility index (Phi) is 1.67. The van der Waals surface area contributed by atoms with Gasteiger partial charge in [0.15, 0.2) is 0 Å². The monoisotopic (exact) mass is 220 g/mol. The summed E-state index contributed by atoms with van der Waals surface area (Å²) in [6.45, 7) is 0. The Balaban J connectivity index is 3.13. The number of rotatable bonds is 0. The van der Waals surface area contributed by atoms with Crippen LogP contribution in [0.2, 0.25) is 0 Å². The van der Waals surface area contributed by atoms with E-state index in [1.54, 1.807) is 6.20 Å². The predicted octanol–water partition coefficient (Wildman–Crippen LogP) is 1.19. The third-order valence-electron chi connectivity index (χ3n) is 0.698. The van der Waals surface area contributed by atoms with E-state index < -0.39 is 0 Å². The molecule has 1 aromatic heterocycles. The van der Waals surface area contributed by atoms with Crippen LogP contribution in [0.15, 0.2) is 12.3 Å². The van der Waals surface area contributed by atoms with Crippen molar-refractivity contribution < 1.29 is 5.11 Å². The van der Waals surface area contributed by atoms with Gasteiger partial charge in [-0.1, -0.05) is 0 Å². The highest BCUT2D eigenvalue weighted by Gasteiger charge is 1.90. The Labute approximate surface area is 60.7 Å². The first-order valence-electron chi connectivity index (χ1n) is 2.01. The van der Waals surface area contributed by atoms with E-state index in [2.05, 4.69) is 11.2 Å². The number of halogens is 1. The van der Waals surface area contributed by atoms with Crippen LogP contribution in [0, 0.1) is 9.77 Å². The van der Waals surface area contributed by atoms with Crippen molar-refractivity contribution in [2.45, 2.75) is 0 Å². The molecule has 1 rings (SSSR count). The van der Waals surface area contributed by atoms with Crippen LogP contribution in [0.5, 0.6) is 5.75 Å². The first-order chi connectivity index (χ1) is 3.80. The molecule has 0 amide bonds. The fourth-order valence-electron chi connectivity index (χ4n) is 0.327. The maximum absolute atomic E-state index is 8.84. The molecule has 0 unspecified atom stereocenters. The normalized spacial score (nSPS) is 9.12. The number of nitrogens with zero attached hydrogens (tertiary/aromatic N) is 1. The van der Waals surface area contributed by atoms with Gasteiger partial charge in [-0.3, -0.25) is 4.98 Å². The second-order valence-electron chi connectivity index (χ2n) is 1.26. The molecule has 0 aromatic carbocycles. The van der Waals surface area contributed by atoms with Gasteiger partial charge in [-0.2, -0.15) is 0 Å². The van der Waals surface area contributed by atoms with Crippen molar-refractivity contribution in [3.05, 3.63) is 22.0 Å². The molecule has 0 aliphatic rings. The van der Waals surface area contributed by atoms with Gasteiger partial charge in [0.2, 0.25) is 0 Å². The van der Waals surface area contributed by atoms with Crippen molar-refractivity contribution in [3.8, 4) is 5.75 Å². The Morgan fingerprint density at radius 3 is 2.88 bits per heavy atom. The highest BCUT2D eigenvalue weighted by molar-refractivity contribution is 14.1. The Hall–Kier alpha value is -0.320. The van der Waals surface area contributed by atoms with Crippen LogP contribution in [0.25, 0.3) is 0 Å². The molecule has 1 radical (unpaired) electrons. The second-order valence-corrected chi connectivity index (χ2v) is 2.43. The van der Waals surface area contributed by atoms with Crippen LogP contribution in [-0.2, 0) is 0 Å². The van der Waals surface area contributed by atoms with Crippen LogP contribution < -0.4 is 0 Å². The minimum atomic E-state index is 0.237. The summed E-state index contributed by atoms with van der Waals surface area (Å²) >= 11 is 1.99. The van der Waals surface area contributed by atoms with E-state index in [0.717, 1.165) is 3.57 Å². The van der Waals surface area contributed by atoms with Crippen LogP contribution in [0.4, 0.5) is 0 Å². The standard InChI is InChI=1S/C5H3INO/c6-4-3-7-2-1-5(4)8/h1,3H,(H,7,8). The molecule has 0 saturated carbocycles. The summed E-state index contributed by atoms with van der Waals surface area (Å²) in [4.78, 5) is 3.65. The van der Waals surface area contributed by atoms with Gasteiger partial charge in [-0.15, -0.1) is 0 Å². The number of hydrogen-bond acceptors (Lipinski definition) is 2. The van der Waals surface area contributed by atoms with E-state index >= 15 is 0 Å². The Morgan fingerprint density at radius 1 is 1.75 bits per heavy atom. The first kappa shape index (κ1) is 5.81. The van der Waals surface area contributed by atoms with E-state index in [1.165, 1.54) is 6.07 Å². The molecule has 0 atom stereocenters. The lowest BCUT2D eigenvalue weighted by Gasteiger charge is -1.89. The quantitative estimate of drug-likeness (QED) is 0.666. The molecule has 1 heterocycles. The van der Waals surface area contributed by atoms with Crippen LogP contribution >= 0.6 is 22.6 Å². The van der Waals surface area contributed by atoms with Gasteiger partial charge in [0.05, 0.1) is 9.77 Å². The lowest BCUT2D eigenvalue weighted by atomic mass is 10.5. The van der Waals surface area contributed by atoms with Gasteiger partial charge in [-0.05, 0) is 22.6 Å². The lowest BCUT2D eigenvalue weighted by molar-refractivity contribution is 0.470. The molecule has 0 fully saturated rings. The molecular formula is C5H3INO. The minimum Gasteiger partial charge on any atom is -0.507 e. The zero-order valence-electron chi connectivity index (χ0n) is 3.93. The molecule has 3 heteroatoms. The van der Waals surface area contributed by atoms with Crippen molar-refractivity contribution in [2.75, 3.05) is 0 Å². The number of aromatic hydroxyl groups is 1. The van der Waals surface area contributed by atoms with Crippen LogP contribution in [-0.4, -0.2) is 10.1 Å². The van der Waals surface area contributed by atoms with Crippen molar-refractivity contribution in [2.24, 2.45) is 0 Å². The van der Waals surface area contributed by atoms with Crippen molar-refractivity contribution >= 4 is 22.6 Å². The Morgan fingerprint density at radius 2 is 2.50 bits per heavy atom. The summed E-state index contributed by atoms with van der Waals surface area (Å²) < 4.78 is 0.751. The van der Waals surface area contributed by atoms with E-state index in [1.807, 2.05) is 22.6 Å². The molecule has 0 saturated heterocycles. The molecule has 1 N–H and O–H groups in total. The maximum atomic E-state index is 8.84. The maximum Gasteiger partial charge on any atom is 0.132 e. The van der Waals surface area contributed by atoms with Gasteiger partial charge in [0.1, 0.15) is 5.75 Å². The minimum absolute atomic E-state index is 0.237. The summed E-state index contributed by atoms with van der Waals surface area (Å²) in [5.41, 5.74) is 0. The third-order valence-corrected chi connectivity index (χ3v) is 1.53. The van der Waals surface area contributed by atoms with Crippen LogP contribution in [0.3, 0.4) is 0 Å². The first-order valence-corrected chi connectivity index (χ1v) is 3.09. The number of aromatic nitrogens is 1. The highest BCUT2D eigenvalue weighted by atomic mass is 127. The molecule has 2 nitrogen and oxygen atoms in total. The molecule has 41 valence electrons. The summed E-state index contributed by atoms with van der Waals surface area (Å²) in [5, 5.41) is 8.84. The Bertz CT molecular complexity index is 169. The van der Waals surface area contributed by atoms with Gasteiger partial charge < -0.3 is 5.11 Å². The van der Waals surface area contributed by atoms with Crippen molar-refractivity contribution in [1.82, 2.24) is 4.98 Å². The molecule has 0 aliphatic carbocycles. The number of hydrogen-bond donors (Lipinski definition) is 1. The second kappa shape index (κ2) is 2.30. The van der Waals surface area contributed by atoms with E-state index in [9.17, 15) is 0 Å². The molecule has 8 heavy (non-hydrogen) atoms. The molecule has 0 aliphatic heterocycles. The zero-order chi connectivity index (χ0) is 5.98. The van der Waals surface area contributed by atoms with Crippen LogP contribution in [0.1, 0.15) is 0 Å². The molecule has 1 aromatic rings. The summed E-state index contributed by atoms with van der Waals surface area (Å²) in [7, 11) is 0. The van der Waals surface area contributed by atoms with Gasteiger partial charge >= 0.3 is 0 Å². The SMILES string of the molecule is Oc1c[c]ncc1I. The van der Waals surface area contributed by atoms with Gasteiger partial charge in [0, 0.05) is 12.3 Å². The average molecular weight is 220 g/mol. The third kappa shape index (κ3) is 1.09. The topological polar surface area (TPSA) is 33.1 Å². The molecular weight excluding hydrogens is 217 g/mol. The predicted molar refractivity (Wildman–Crippen MR) is 37.5 cm³/mol. The lowest BCUT2D eigenvalue weighted by Crippen LogP contribution is -1.73. The summed E-state index contributed by atoms with van der Waals surface area (Å²) in [6.07, 6.45) is 4.05. The van der Waals surface area contributed by atoms with E-state index in [-0.39, 0.29) is 5.75 Å². The van der Waals surface area contributed by atoms with Gasteiger partial charge in [0.25, 0.3) is 0 Å². The van der Waals surface area contributed by atoms with Crippen molar-refractivity contribution in [1.29, 1.82) is 0 Å². The molecule has 0 spiro atoms. The van der Waals surface area contributed by atoms with E-state index in [0.29, 0.717) is 0 Å². The summed E-state index contributed by atoms with van der Waals surface area (Å²) in [5.74, 6) is 0.237.